The highest BCUT2D eigenvalue weighted by molar-refractivity contribution is 6.61. The quantitative estimate of drug-likeness (QED) is 0.613. The first-order valence-electron chi connectivity index (χ1n) is 2.66. The molecule has 0 aliphatic rings. The van der Waals surface area contributed by atoms with E-state index in [4.69, 9.17) is 11.6 Å². The average Bonchev–Trinajstić information content (AvgIpc) is 1.85. The van der Waals surface area contributed by atoms with E-state index in [9.17, 15) is 9.18 Å². The molecule has 0 aromatic carbocycles. The predicted molar refractivity (Wildman–Crippen MR) is 36.1 cm³/mol. The van der Waals surface area contributed by atoms with Gasteiger partial charge in [-0.15, -0.1) is 0 Å². The van der Waals surface area contributed by atoms with Gasteiger partial charge in [-0.25, -0.2) is 9.18 Å². The third kappa shape index (κ3) is 2.51. The van der Waals surface area contributed by atoms with Crippen molar-refractivity contribution >= 4 is 17.0 Å². The van der Waals surface area contributed by atoms with Gasteiger partial charge < -0.3 is 4.74 Å². The zero-order chi connectivity index (χ0) is 8.27. The Morgan fingerprint density at radius 3 is 2.91 bits per heavy atom. The number of aromatic nitrogens is 1. The molecule has 0 unspecified atom stereocenters. The Hall–Kier alpha value is -1.16. The topological polar surface area (TPSA) is 39.2 Å². The van der Waals surface area contributed by atoms with E-state index >= 15 is 0 Å². The number of rotatable bonds is 1. The van der Waals surface area contributed by atoms with E-state index in [0.29, 0.717) is 0 Å². The van der Waals surface area contributed by atoms with Gasteiger partial charge in [0.05, 0.1) is 12.4 Å². The molecule has 0 fully saturated rings. The third-order valence-electron chi connectivity index (χ3n) is 0.878. The lowest BCUT2D eigenvalue weighted by molar-refractivity contribution is 0.225. The number of pyridine rings is 1. The largest absolute Gasteiger partial charge is 0.413 e. The highest BCUT2D eigenvalue weighted by Gasteiger charge is 2.00. The van der Waals surface area contributed by atoms with Crippen molar-refractivity contribution in [2.24, 2.45) is 0 Å². The third-order valence-corrected chi connectivity index (χ3v) is 0.955. The minimum absolute atomic E-state index is 0.00926. The summed E-state index contributed by atoms with van der Waals surface area (Å²) < 4.78 is 16.6. The summed E-state index contributed by atoms with van der Waals surface area (Å²) in [6.07, 6.45) is 2.18. The van der Waals surface area contributed by atoms with Crippen LogP contribution in [0.25, 0.3) is 0 Å². The van der Waals surface area contributed by atoms with Crippen molar-refractivity contribution in [3.8, 4) is 5.75 Å². The predicted octanol–water partition coefficient (Wildman–Crippen LogP) is 1.96. The Morgan fingerprint density at radius 1 is 1.64 bits per heavy atom. The maximum absolute atomic E-state index is 12.3. The van der Waals surface area contributed by atoms with Crippen LogP contribution in [-0.2, 0) is 0 Å². The molecule has 0 saturated carbocycles. The molecular weight excluding hydrogens is 173 g/mol. The number of ether oxygens (including phenoxy) is 1. The lowest BCUT2D eigenvalue weighted by Gasteiger charge is -1.96. The average molecular weight is 176 g/mol. The molecule has 58 valence electrons. The van der Waals surface area contributed by atoms with Gasteiger partial charge in [0, 0.05) is 17.7 Å². The molecule has 0 spiro atoms. The van der Waals surface area contributed by atoms with Crippen molar-refractivity contribution in [2.75, 3.05) is 0 Å². The molecule has 0 saturated heterocycles. The molecule has 1 aromatic rings. The molecule has 0 bridgehead atoms. The van der Waals surface area contributed by atoms with Gasteiger partial charge in [0.2, 0.25) is 0 Å². The summed E-state index contributed by atoms with van der Waals surface area (Å²) in [5.41, 5.74) is -1.02. The van der Waals surface area contributed by atoms with Crippen LogP contribution >= 0.6 is 11.6 Å². The van der Waals surface area contributed by atoms with Gasteiger partial charge in [0.15, 0.2) is 5.75 Å². The maximum atomic E-state index is 12.3. The van der Waals surface area contributed by atoms with Crippen molar-refractivity contribution in [2.45, 2.75) is 0 Å². The van der Waals surface area contributed by atoms with Gasteiger partial charge in [0.25, 0.3) is 0 Å². The summed E-state index contributed by atoms with van der Waals surface area (Å²) in [5.74, 6) is -0.592. The number of halogens is 2. The minimum atomic E-state index is -1.02. The lowest BCUT2D eigenvalue weighted by atomic mass is 10.4. The minimum Gasteiger partial charge on any atom is -0.413 e. The molecule has 0 radical (unpaired) electrons. The van der Waals surface area contributed by atoms with Gasteiger partial charge >= 0.3 is 5.43 Å². The van der Waals surface area contributed by atoms with Crippen molar-refractivity contribution < 1.29 is 13.9 Å². The van der Waals surface area contributed by atoms with E-state index in [2.05, 4.69) is 9.72 Å². The van der Waals surface area contributed by atoms with Crippen LogP contribution in [0.2, 0.25) is 0 Å². The molecule has 1 heterocycles. The van der Waals surface area contributed by atoms with Crippen LogP contribution in [0, 0.1) is 5.82 Å². The van der Waals surface area contributed by atoms with Crippen LogP contribution in [0.5, 0.6) is 5.75 Å². The van der Waals surface area contributed by atoms with Gasteiger partial charge in [-0.3, -0.25) is 4.98 Å². The summed E-state index contributed by atoms with van der Waals surface area (Å²) in [4.78, 5) is 13.5. The van der Waals surface area contributed by atoms with Gasteiger partial charge in [-0.2, -0.15) is 0 Å². The summed E-state index contributed by atoms with van der Waals surface area (Å²) in [5, 5.41) is 0. The summed E-state index contributed by atoms with van der Waals surface area (Å²) in [7, 11) is 0. The normalized spacial score (nSPS) is 9.27. The Kier molecular flexibility index (Phi) is 2.38. The fourth-order valence-corrected chi connectivity index (χ4v) is 0.630. The van der Waals surface area contributed by atoms with E-state index in [1.54, 1.807) is 0 Å². The summed E-state index contributed by atoms with van der Waals surface area (Å²) in [6, 6.07) is 1.01. The Morgan fingerprint density at radius 2 is 2.36 bits per heavy atom. The van der Waals surface area contributed by atoms with Crippen LogP contribution in [0.15, 0.2) is 18.5 Å². The van der Waals surface area contributed by atoms with Crippen molar-refractivity contribution in [3.05, 3.63) is 24.3 Å². The molecule has 0 amide bonds. The number of nitrogens with zero attached hydrogens (tertiary/aromatic N) is 1. The van der Waals surface area contributed by atoms with E-state index in [-0.39, 0.29) is 5.75 Å². The number of carbonyl (C=O) groups excluding carboxylic acids is 1. The second kappa shape index (κ2) is 3.30. The smallest absolute Gasteiger partial charge is 0.409 e. The van der Waals surface area contributed by atoms with Gasteiger partial charge in [-0.1, -0.05) is 0 Å². The zero-order valence-electron chi connectivity index (χ0n) is 5.25. The van der Waals surface area contributed by atoms with E-state index in [1.807, 2.05) is 0 Å². The molecule has 3 nitrogen and oxygen atoms in total. The molecule has 1 rings (SSSR count). The molecular formula is C6H3ClFNO2. The molecule has 11 heavy (non-hydrogen) atoms. The first-order valence-corrected chi connectivity index (χ1v) is 3.04. The van der Waals surface area contributed by atoms with Crippen LogP contribution < -0.4 is 4.74 Å². The van der Waals surface area contributed by atoms with Crippen LogP contribution in [-0.4, -0.2) is 10.4 Å². The highest BCUT2D eigenvalue weighted by atomic mass is 35.5. The Bertz CT molecular complexity index is 279. The van der Waals surface area contributed by atoms with E-state index in [1.165, 1.54) is 6.20 Å². The lowest BCUT2D eigenvalue weighted by Crippen LogP contribution is -1.96. The zero-order valence-corrected chi connectivity index (χ0v) is 6.01. The number of carbonyl (C=O) groups is 1. The van der Waals surface area contributed by atoms with E-state index in [0.717, 1.165) is 12.3 Å². The second-order valence-electron chi connectivity index (χ2n) is 1.68. The van der Waals surface area contributed by atoms with Crippen molar-refractivity contribution in [1.29, 1.82) is 0 Å². The number of hydrogen-bond acceptors (Lipinski definition) is 3. The first-order chi connectivity index (χ1) is 5.18. The van der Waals surface area contributed by atoms with Crippen LogP contribution in [0.4, 0.5) is 9.18 Å². The highest BCUT2D eigenvalue weighted by Crippen LogP contribution is 2.10. The van der Waals surface area contributed by atoms with Crippen molar-refractivity contribution in [1.82, 2.24) is 4.98 Å². The summed E-state index contributed by atoms with van der Waals surface area (Å²) in [6.45, 7) is 0. The second-order valence-corrected chi connectivity index (χ2v) is 1.99. The fourth-order valence-electron chi connectivity index (χ4n) is 0.541. The molecule has 0 atom stereocenters. The molecule has 1 aromatic heterocycles. The molecule has 0 aliphatic carbocycles. The maximum Gasteiger partial charge on any atom is 0.409 e. The molecule has 5 heteroatoms. The van der Waals surface area contributed by atoms with Crippen molar-refractivity contribution in [3.63, 3.8) is 0 Å². The van der Waals surface area contributed by atoms with Crippen LogP contribution in [0.1, 0.15) is 0 Å². The van der Waals surface area contributed by atoms with Gasteiger partial charge in [0.1, 0.15) is 5.82 Å². The monoisotopic (exact) mass is 175 g/mol. The molecule has 0 N–H and O–H groups in total. The van der Waals surface area contributed by atoms with Crippen LogP contribution in [0.3, 0.4) is 0 Å². The fraction of sp³-hybridized carbons (Fsp3) is 0. The summed E-state index contributed by atoms with van der Waals surface area (Å²) >= 11 is 4.85. The van der Waals surface area contributed by atoms with Gasteiger partial charge in [-0.05, 0) is 0 Å². The Labute approximate surface area is 66.8 Å². The first kappa shape index (κ1) is 7.94. The standard InChI is InChI=1S/C6H3ClFNO2/c7-6(10)11-5-1-4(8)2-9-3-5/h1-3H. The Balaban J connectivity index is 2.79. The SMILES string of the molecule is O=C(Cl)Oc1cncc(F)c1. The molecule has 0 aliphatic heterocycles. The van der Waals surface area contributed by atoms with E-state index < -0.39 is 11.2 Å². The number of hydrogen-bond donors (Lipinski definition) is 0.